The van der Waals surface area contributed by atoms with E-state index in [4.69, 9.17) is 16.1 Å². The predicted molar refractivity (Wildman–Crippen MR) is 114 cm³/mol. The number of nitrogens with zero attached hydrogens (tertiary/aromatic N) is 2. The fraction of sp³-hybridized carbons (Fsp3) is 0.444. The molecule has 0 aliphatic rings. The number of aromatic nitrogens is 1. The molecule has 0 saturated carbocycles. The maximum absolute atomic E-state index is 13.8. The third kappa shape index (κ3) is 5.84. The molecule has 2 rings (SSSR count). The maximum atomic E-state index is 13.8. The molecule has 0 amide bonds. The molecule has 0 unspecified atom stereocenters. The van der Waals surface area contributed by atoms with Gasteiger partial charge in [0.25, 0.3) is 0 Å². The van der Waals surface area contributed by atoms with Crippen LogP contribution in [0, 0.1) is 5.82 Å². The molecule has 0 aliphatic carbocycles. The van der Waals surface area contributed by atoms with Gasteiger partial charge in [0.15, 0.2) is 5.96 Å². The molecule has 8 heteroatoms. The molecule has 1 heterocycles. The predicted octanol–water partition coefficient (Wildman–Crippen LogP) is 4.12. The van der Waals surface area contributed by atoms with E-state index in [0.29, 0.717) is 36.1 Å². The van der Waals surface area contributed by atoms with Gasteiger partial charge in [-0.2, -0.15) is 0 Å². The summed E-state index contributed by atoms with van der Waals surface area (Å²) in [6, 6.07) is 4.71. The van der Waals surface area contributed by atoms with Crippen LogP contribution in [-0.4, -0.2) is 24.7 Å². The Kier molecular flexibility index (Phi) is 9.93. The second kappa shape index (κ2) is 11.4. The van der Waals surface area contributed by atoms with Crippen molar-refractivity contribution in [2.24, 2.45) is 4.99 Å². The number of hydrogen-bond donors (Lipinski definition) is 2. The van der Waals surface area contributed by atoms with Crippen LogP contribution in [0.15, 0.2) is 27.7 Å². The van der Waals surface area contributed by atoms with Crippen molar-refractivity contribution >= 4 is 41.5 Å². The van der Waals surface area contributed by atoms with Gasteiger partial charge in [0, 0.05) is 42.7 Å². The summed E-state index contributed by atoms with van der Waals surface area (Å²) in [5, 5.41) is 11.0. The van der Waals surface area contributed by atoms with Crippen molar-refractivity contribution in [3.05, 3.63) is 51.6 Å². The summed E-state index contributed by atoms with van der Waals surface area (Å²) >= 11 is 6.04. The van der Waals surface area contributed by atoms with Gasteiger partial charge < -0.3 is 15.2 Å². The quantitative estimate of drug-likeness (QED) is 0.345. The summed E-state index contributed by atoms with van der Waals surface area (Å²) in [5.41, 5.74) is 2.54. The Hall–Kier alpha value is -1.35. The van der Waals surface area contributed by atoms with E-state index in [1.54, 1.807) is 19.2 Å². The van der Waals surface area contributed by atoms with Crippen LogP contribution in [0.1, 0.15) is 36.4 Å². The number of nitrogens with one attached hydrogen (secondary N) is 2. The Balaban J connectivity index is 0.00000338. The minimum absolute atomic E-state index is 0. The molecule has 1 aromatic carbocycles. The first kappa shape index (κ1) is 22.7. The van der Waals surface area contributed by atoms with Crippen LogP contribution in [0.2, 0.25) is 5.02 Å². The Morgan fingerprint density at radius 2 is 2.00 bits per heavy atom. The van der Waals surface area contributed by atoms with E-state index < -0.39 is 0 Å². The van der Waals surface area contributed by atoms with E-state index >= 15 is 0 Å². The zero-order chi connectivity index (χ0) is 18.2. The average molecular weight is 495 g/mol. The summed E-state index contributed by atoms with van der Waals surface area (Å²) in [7, 11) is 1.69. The first-order valence-electron chi connectivity index (χ1n) is 8.44. The molecule has 2 N–H and O–H groups in total. The van der Waals surface area contributed by atoms with Gasteiger partial charge in [0.05, 0.1) is 5.69 Å². The molecule has 0 fully saturated rings. The topological polar surface area (TPSA) is 62.5 Å². The smallest absolute Gasteiger partial charge is 0.191 e. The number of halogens is 3. The number of aliphatic imine (C=N–C) groups is 1. The van der Waals surface area contributed by atoms with E-state index in [1.165, 1.54) is 6.07 Å². The standard InChI is InChI=1S/C18H24ClFN4O.HI/c1-4-16-13(17(5-2)25-24-16)11-23-18(21-3)22-10-9-12-14(19)7-6-8-15(12)20;/h6-8H,4-5,9-11H2,1-3H3,(H2,21,22,23);1H. The monoisotopic (exact) mass is 494 g/mol. The third-order valence-corrected chi connectivity index (χ3v) is 4.35. The van der Waals surface area contributed by atoms with Gasteiger partial charge in [-0.25, -0.2) is 4.39 Å². The minimum Gasteiger partial charge on any atom is -0.361 e. The van der Waals surface area contributed by atoms with Crippen molar-refractivity contribution in [2.75, 3.05) is 13.6 Å². The molecule has 1 aromatic heterocycles. The Morgan fingerprint density at radius 3 is 2.62 bits per heavy atom. The summed E-state index contributed by atoms with van der Waals surface area (Å²) in [5.74, 6) is 1.23. The van der Waals surface area contributed by atoms with Gasteiger partial charge in [0.1, 0.15) is 11.6 Å². The molecule has 26 heavy (non-hydrogen) atoms. The molecule has 0 bridgehead atoms. The van der Waals surface area contributed by atoms with Crippen molar-refractivity contribution in [2.45, 2.75) is 39.7 Å². The van der Waals surface area contributed by atoms with Gasteiger partial charge in [-0.3, -0.25) is 4.99 Å². The Labute approximate surface area is 175 Å². The fourth-order valence-electron chi connectivity index (χ4n) is 2.61. The van der Waals surface area contributed by atoms with Crippen molar-refractivity contribution < 1.29 is 8.91 Å². The lowest BCUT2D eigenvalue weighted by Gasteiger charge is -2.13. The fourth-order valence-corrected chi connectivity index (χ4v) is 2.87. The summed E-state index contributed by atoms with van der Waals surface area (Å²) in [6.45, 7) is 5.18. The van der Waals surface area contributed by atoms with Crippen LogP contribution in [0.3, 0.4) is 0 Å². The molecule has 0 aliphatic heterocycles. The number of guanidine groups is 1. The minimum atomic E-state index is -0.290. The summed E-state index contributed by atoms with van der Waals surface area (Å²) in [4.78, 5) is 4.19. The molecule has 0 spiro atoms. The van der Waals surface area contributed by atoms with E-state index in [9.17, 15) is 4.39 Å². The van der Waals surface area contributed by atoms with Crippen LogP contribution in [0.5, 0.6) is 0 Å². The van der Waals surface area contributed by atoms with Crippen molar-refractivity contribution in [1.82, 2.24) is 15.8 Å². The number of benzene rings is 1. The summed E-state index contributed by atoms with van der Waals surface area (Å²) < 4.78 is 19.1. The first-order chi connectivity index (χ1) is 12.1. The zero-order valence-corrected chi connectivity index (χ0v) is 18.3. The van der Waals surface area contributed by atoms with Crippen LogP contribution in [-0.2, 0) is 25.8 Å². The van der Waals surface area contributed by atoms with Gasteiger partial charge in [-0.05, 0) is 25.0 Å². The Bertz CT molecular complexity index is 694. The SMILES string of the molecule is CCc1noc(CC)c1CNC(=NC)NCCc1c(F)cccc1Cl.I. The molecule has 0 atom stereocenters. The van der Waals surface area contributed by atoms with Crippen molar-refractivity contribution in [3.8, 4) is 0 Å². The van der Waals surface area contributed by atoms with Crippen molar-refractivity contribution in [3.63, 3.8) is 0 Å². The second-order valence-corrected chi connectivity index (χ2v) is 5.95. The molecule has 2 aromatic rings. The van der Waals surface area contributed by atoms with Crippen LogP contribution in [0.25, 0.3) is 0 Å². The highest BCUT2D eigenvalue weighted by Gasteiger charge is 2.13. The highest BCUT2D eigenvalue weighted by Crippen LogP contribution is 2.19. The van der Waals surface area contributed by atoms with Crippen LogP contribution < -0.4 is 10.6 Å². The zero-order valence-electron chi connectivity index (χ0n) is 15.2. The highest BCUT2D eigenvalue weighted by atomic mass is 127. The molecule has 144 valence electrons. The summed E-state index contributed by atoms with van der Waals surface area (Å²) in [6.07, 6.45) is 2.08. The number of aryl methyl sites for hydroxylation is 2. The van der Waals surface area contributed by atoms with Gasteiger partial charge in [0.2, 0.25) is 0 Å². The molecular formula is C18H25ClFIN4O. The largest absolute Gasteiger partial charge is 0.361 e. The lowest BCUT2D eigenvalue weighted by atomic mass is 10.1. The molecule has 0 radical (unpaired) electrons. The lowest BCUT2D eigenvalue weighted by molar-refractivity contribution is 0.380. The van der Waals surface area contributed by atoms with Gasteiger partial charge in [-0.1, -0.05) is 36.7 Å². The second-order valence-electron chi connectivity index (χ2n) is 5.54. The van der Waals surface area contributed by atoms with E-state index in [1.807, 2.05) is 13.8 Å². The normalized spacial score (nSPS) is 11.2. The number of hydrogen-bond acceptors (Lipinski definition) is 3. The van der Waals surface area contributed by atoms with E-state index in [2.05, 4.69) is 20.8 Å². The molecule has 5 nitrogen and oxygen atoms in total. The molecular weight excluding hydrogens is 470 g/mol. The van der Waals surface area contributed by atoms with Crippen LogP contribution in [0.4, 0.5) is 4.39 Å². The van der Waals surface area contributed by atoms with Crippen LogP contribution >= 0.6 is 35.6 Å². The lowest BCUT2D eigenvalue weighted by Crippen LogP contribution is -2.38. The highest BCUT2D eigenvalue weighted by molar-refractivity contribution is 14.0. The van der Waals surface area contributed by atoms with E-state index in [-0.39, 0.29) is 29.8 Å². The number of rotatable bonds is 7. The van der Waals surface area contributed by atoms with E-state index in [0.717, 1.165) is 29.9 Å². The maximum Gasteiger partial charge on any atom is 0.191 e. The average Bonchev–Trinajstić information content (AvgIpc) is 3.02. The van der Waals surface area contributed by atoms with Gasteiger partial charge >= 0.3 is 0 Å². The third-order valence-electron chi connectivity index (χ3n) is 3.99. The molecule has 0 saturated heterocycles. The first-order valence-corrected chi connectivity index (χ1v) is 8.82. The van der Waals surface area contributed by atoms with Crippen molar-refractivity contribution in [1.29, 1.82) is 0 Å². The Morgan fingerprint density at radius 1 is 1.23 bits per heavy atom. The van der Waals surface area contributed by atoms with Gasteiger partial charge in [-0.15, -0.1) is 24.0 Å².